The molecular formula is C23H31N3O4S. The summed E-state index contributed by atoms with van der Waals surface area (Å²) < 4.78 is 5.48. The zero-order chi connectivity index (χ0) is 22.9. The van der Waals surface area contributed by atoms with Crippen LogP contribution in [0, 0.1) is 12.8 Å². The summed E-state index contributed by atoms with van der Waals surface area (Å²) in [5.74, 6) is -0.618. The minimum absolute atomic E-state index is 0.186. The molecule has 2 unspecified atom stereocenters. The summed E-state index contributed by atoms with van der Waals surface area (Å²) in [7, 11) is 0. The van der Waals surface area contributed by atoms with Crippen molar-refractivity contribution in [1.29, 1.82) is 0 Å². The van der Waals surface area contributed by atoms with E-state index < -0.39 is 11.5 Å². The van der Waals surface area contributed by atoms with Crippen LogP contribution >= 0.6 is 11.3 Å². The van der Waals surface area contributed by atoms with Crippen molar-refractivity contribution in [3.8, 4) is 0 Å². The van der Waals surface area contributed by atoms with Crippen molar-refractivity contribution in [3.05, 3.63) is 33.0 Å². The van der Waals surface area contributed by atoms with Crippen LogP contribution in [-0.2, 0) is 9.53 Å². The molecule has 3 amide bonds. The van der Waals surface area contributed by atoms with E-state index in [1.165, 1.54) is 0 Å². The molecule has 0 spiro atoms. The third-order valence-corrected chi connectivity index (χ3v) is 6.82. The van der Waals surface area contributed by atoms with Gasteiger partial charge in [-0.25, -0.2) is 9.79 Å². The molecule has 2 aliphatic heterocycles. The molecule has 0 bridgehead atoms. The first kappa shape index (κ1) is 23.2. The van der Waals surface area contributed by atoms with Gasteiger partial charge in [-0.05, 0) is 59.6 Å². The van der Waals surface area contributed by atoms with Gasteiger partial charge in [0.25, 0.3) is 11.8 Å². The lowest BCUT2D eigenvalue weighted by atomic mass is 9.95. The Morgan fingerprint density at radius 1 is 1.29 bits per heavy atom. The van der Waals surface area contributed by atoms with Crippen molar-refractivity contribution in [2.24, 2.45) is 10.9 Å². The maximum Gasteiger partial charge on any atom is 0.410 e. The number of likely N-dealkylation sites (tertiary alicyclic amines) is 1. The van der Waals surface area contributed by atoms with E-state index >= 15 is 0 Å². The fraction of sp³-hybridized carbons (Fsp3) is 0.565. The number of carbonyl (C=O) groups excluding carboxylic acids is 3. The molecule has 168 valence electrons. The molecule has 0 saturated carbocycles. The van der Waals surface area contributed by atoms with E-state index in [4.69, 9.17) is 4.74 Å². The highest BCUT2D eigenvalue weighted by Crippen LogP contribution is 2.35. The molecular weight excluding hydrogens is 414 g/mol. The van der Waals surface area contributed by atoms with Crippen molar-refractivity contribution in [2.75, 3.05) is 19.6 Å². The largest absolute Gasteiger partial charge is 0.444 e. The first-order valence-electron chi connectivity index (χ1n) is 10.6. The molecule has 1 fully saturated rings. The van der Waals surface area contributed by atoms with Gasteiger partial charge in [0, 0.05) is 41.5 Å². The second kappa shape index (κ2) is 8.94. The maximum atomic E-state index is 12.8. The van der Waals surface area contributed by atoms with Gasteiger partial charge in [0.15, 0.2) is 0 Å². The van der Waals surface area contributed by atoms with Gasteiger partial charge in [0.1, 0.15) is 5.60 Å². The number of allylic oxidation sites excluding steroid dienone is 1. The molecule has 1 saturated heterocycles. The first-order chi connectivity index (χ1) is 14.5. The van der Waals surface area contributed by atoms with Crippen LogP contribution in [0.3, 0.4) is 0 Å². The Morgan fingerprint density at radius 3 is 2.65 bits per heavy atom. The summed E-state index contributed by atoms with van der Waals surface area (Å²) in [5, 5.41) is 4.76. The zero-order valence-corrected chi connectivity index (χ0v) is 19.9. The van der Waals surface area contributed by atoms with E-state index in [0.717, 1.165) is 22.4 Å². The number of hydrogen-bond acceptors (Lipinski definition) is 5. The Bertz CT molecular complexity index is 955. The molecule has 1 aromatic rings. The predicted octanol–water partition coefficient (Wildman–Crippen LogP) is 4.07. The van der Waals surface area contributed by atoms with E-state index in [-0.39, 0.29) is 30.4 Å². The van der Waals surface area contributed by atoms with Crippen LogP contribution in [0.5, 0.6) is 0 Å². The minimum atomic E-state index is -0.517. The average Bonchev–Trinajstić information content (AvgIpc) is 3.25. The van der Waals surface area contributed by atoms with Crippen LogP contribution in [0.25, 0.3) is 0 Å². The van der Waals surface area contributed by atoms with Gasteiger partial charge in [-0.2, -0.15) is 0 Å². The van der Waals surface area contributed by atoms with Crippen molar-refractivity contribution in [1.82, 2.24) is 10.2 Å². The number of nitrogens with zero attached hydrogens (tertiary/aromatic N) is 2. The third kappa shape index (κ3) is 5.42. The number of thiophene rings is 1. The smallest absolute Gasteiger partial charge is 0.410 e. The molecule has 31 heavy (non-hydrogen) atoms. The van der Waals surface area contributed by atoms with Crippen LogP contribution in [0.1, 0.15) is 67.8 Å². The highest BCUT2D eigenvalue weighted by Gasteiger charge is 2.33. The van der Waals surface area contributed by atoms with Crippen LogP contribution in [-0.4, -0.2) is 53.8 Å². The van der Waals surface area contributed by atoms with Crippen molar-refractivity contribution in [3.63, 3.8) is 0 Å². The molecule has 2 aliphatic rings. The Hall–Kier alpha value is -2.48. The SMILES string of the molecule is CC1=CC(C)=NC(=O)C1CNC(=O)c1csc(C2CCN(C(=O)OC(C)(C)C)C2)c1C. The number of dihydropyridines is 1. The summed E-state index contributed by atoms with van der Waals surface area (Å²) in [4.78, 5) is 44.2. The van der Waals surface area contributed by atoms with E-state index in [0.29, 0.717) is 24.4 Å². The van der Waals surface area contributed by atoms with Crippen molar-refractivity contribution >= 4 is 35.0 Å². The highest BCUT2D eigenvalue weighted by molar-refractivity contribution is 7.10. The summed E-state index contributed by atoms with van der Waals surface area (Å²) in [6.45, 7) is 12.7. The fourth-order valence-corrected chi connectivity index (χ4v) is 5.17. The van der Waals surface area contributed by atoms with E-state index in [1.54, 1.807) is 23.2 Å². The minimum Gasteiger partial charge on any atom is -0.444 e. The summed E-state index contributed by atoms with van der Waals surface area (Å²) in [6, 6.07) is 0. The Kier molecular flexibility index (Phi) is 6.69. The Labute approximate surface area is 187 Å². The summed E-state index contributed by atoms with van der Waals surface area (Å²) in [6.07, 6.45) is 2.43. The van der Waals surface area contributed by atoms with Gasteiger partial charge in [-0.1, -0.05) is 5.57 Å². The molecule has 2 atom stereocenters. The summed E-state index contributed by atoms with van der Waals surface area (Å²) >= 11 is 1.55. The number of amides is 3. The molecule has 3 rings (SSSR count). The molecule has 1 N–H and O–H groups in total. The second-order valence-electron chi connectivity index (χ2n) is 9.29. The third-order valence-electron chi connectivity index (χ3n) is 5.57. The number of hydrogen-bond donors (Lipinski definition) is 1. The van der Waals surface area contributed by atoms with E-state index in [9.17, 15) is 14.4 Å². The molecule has 7 nitrogen and oxygen atoms in total. The van der Waals surface area contributed by atoms with Crippen molar-refractivity contribution < 1.29 is 19.1 Å². The van der Waals surface area contributed by atoms with Gasteiger partial charge in [-0.15, -0.1) is 11.3 Å². The number of ether oxygens (including phenoxy) is 1. The maximum absolute atomic E-state index is 12.8. The lowest BCUT2D eigenvalue weighted by Gasteiger charge is -2.24. The molecule has 0 aromatic carbocycles. The molecule has 3 heterocycles. The fourth-order valence-electron chi connectivity index (χ4n) is 3.97. The topological polar surface area (TPSA) is 88.1 Å². The van der Waals surface area contributed by atoms with E-state index in [1.807, 2.05) is 46.1 Å². The van der Waals surface area contributed by atoms with Crippen LogP contribution in [0.15, 0.2) is 22.0 Å². The normalized spacial score (nSPS) is 21.6. The molecule has 8 heteroatoms. The second-order valence-corrected chi connectivity index (χ2v) is 10.2. The van der Waals surface area contributed by atoms with Crippen LogP contribution < -0.4 is 5.32 Å². The first-order valence-corrected chi connectivity index (χ1v) is 11.5. The van der Waals surface area contributed by atoms with Crippen molar-refractivity contribution in [2.45, 2.75) is 59.5 Å². The van der Waals surface area contributed by atoms with Gasteiger partial charge in [0.05, 0.1) is 11.5 Å². The standard InChI is InChI=1S/C23H31N3O4S/c1-13-9-14(2)25-21(28)17(13)10-24-20(27)18-12-31-19(15(18)3)16-7-8-26(11-16)22(29)30-23(4,5)6/h9,12,16-17H,7-8,10-11H2,1-6H3,(H,24,27). The average molecular weight is 446 g/mol. The number of rotatable bonds is 4. The number of carbonyl (C=O) groups is 3. The van der Waals surface area contributed by atoms with Crippen LogP contribution in [0.2, 0.25) is 0 Å². The molecule has 0 aliphatic carbocycles. The number of aliphatic imine (C=N–C) groups is 1. The van der Waals surface area contributed by atoms with Gasteiger partial charge in [-0.3, -0.25) is 9.59 Å². The Morgan fingerprint density at radius 2 is 2.00 bits per heavy atom. The summed E-state index contributed by atoms with van der Waals surface area (Å²) in [5.41, 5.74) is 2.65. The predicted molar refractivity (Wildman–Crippen MR) is 122 cm³/mol. The van der Waals surface area contributed by atoms with E-state index in [2.05, 4.69) is 10.3 Å². The number of nitrogens with one attached hydrogen (secondary N) is 1. The van der Waals surface area contributed by atoms with Gasteiger partial charge in [0.2, 0.25) is 0 Å². The molecule has 0 radical (unpaired) electrons. The van der Waals surface area contributed by atoms with Gasteiger partial charge < -0.3 is 15.0 Å². The highest BCUT2D eigenvalue weighted by atomic mass is 32.1. The quantitative estimate of drug-likeness (QED) is 0.757. The Balaban J connectivity index is 1.61. The van der Waals surface area contributed by atoms with Gasteiger partial charge >= 0.3 is 6.09 Å². The zero-order valence-electron chi connectivity index (χ0n) is 19.1. The molecule has 1 aromatic heterocycles. The van der Waals surface area contributed by atoms with Crippen LogP contribution in [0.4, 0.5) is 4.79 Å². The lowest BCUT2D eigenvalue weighted by Crippen LogP contribution is -2.35. The monoisotopic (exact) mass is 445 g/mol. The lowest BCUT2D eigenvalue weighted by molar-refractivity contribution is -0.120.